The zero-order chi connectivity index (χ0) is 12.3. The highest BCUT2D eigenvalue weighted by Crippen LogP contribution is 2.24. The van der Waals surface area contributed by atoms with Gasteiger partial charge in [0.2, 0.25) is 0 Å². The van der Waals surface area contributed by atoms with Gasteiger partial charge in [0.15, 0.2) is 0 Å². The number of rotatable bonds is 3. The molecule has 0 unspecified atom stereocenters. The van der Waals surface area contributed by atoms with Gasteiger partial charge >= 0.3 is 0 Å². The van der Waals surface area contributed by atoms with Crippen molar-refractivity contribution in [1.82, 2.24) is 0 Å². The smallest absolute Gasteiger partial charge is 0.131 e. The molecule has 0 bridgehead atoms. The largest absolute Gasteiger partial charge is 0.497 e. The molecule has 0 amide bonds. The monoisotopic (exact) mass is 228 g/mol. The fourth-order valence-corrected chi connectivity index (χ4v) is 1.37. The molecule has 84 valence electrons. The van der Waals surface area contributed by atoms with Gasteiger partial charge in [0.05, 0.1) is 7.11 Å². The molecule has 0 fully saturated rings. The predicted octanol–water partition coefficient (Wildman–Crippen LogP) is 2.42. The minimum atomic E-state index is -0.495. The molecule has 0 saturated heterocycles. The Labute approximate surface area is 100 Å². The Hall–Kier alpha value is -1.97. The standard InChI is InChI=1S/C13H10BFO2/c1-16-9-3-2-4-10(7-9)17-11-5-6-12(14)13(15)8-11/h2-8H,1H3. The molecule has 2 aromatic rings. The first-order valence-corrected chi connectivity index (χ1v) is 5.06. The average Bonchev–Trinajstić information content (AvgIpc) is 2.34. The van der Waals surface area contributed by atoms with E-state index < -0.39 is 5.82 Å². The summed E-state index contributed by atoms with van der Waals surface area (Å²) in [5.41, 5.74) is 0.1000. The van der Waals surface area contributed by atoms with Crippen LogP contribution in [0.2, 0.25) is 0 Å². The number of hydrogen-bond acceptors (Lipinski definition) is 2. The summed E-state index contributed by atoms with van der Waals surface area (Å²) in [6, 6.07) is 11.4. The summed E-state index contributed by atoms with van der Waals surface area (Å²) in [5, 5.41) is 0. The Kier molecular flexibility index (Phi) is 3.33. The van der Waals surface area contributed by atoms with E-state index in [0.29, 0.717) is 17.2 Å². The topological polar surface area (TPSA) is 18.5 Å². The summed E-state index contributed by atoms with van der Waals surface area (Å²) in [7, 11) is 6.95. The second-order valence-electron chi connectivity index (χ2n) is 3.46. The lowest BCUT2D eigenvalue weighted by molar-refractivity contribution is 0.409. The Morgan fingerprint density at radius 3 is 2.41 bits per heavy atom. The molecule has 0 aliphatic carbocycles. The maximum atomic E-state index is 13.2. The van der Waals surface area contributed by atoms with Crippen LogP contribution in [0.25, 0.3) is 0 Å². The molecule has 2 nitrogen and oxygen atoms in total. The lowest BCUT2D eigenvalue weighted by Crippen LogP contribution is -2.07. The van der Waals surface area contributed by atoms with E-state index in [9.17, 15) is 4.39 Å². The maximum absolute atomic E-state index is 13.2. The van der Waals surface area contributed by atoms with E-state index in [0.717, 1.165) is 0 Å². The lowest BCUT2D eigenvalue weighted by atomic mass is 9.96. The van der Waals surface area contributed by atoms with E-state index >= 15 is 0 Å². The van der Waals surface area contributed by atoms with Crippen molar-refractivity contribution in [2.75, 3.05) is 7.11 Å². The van der Waals surface area contributed by atoms with Crippen molar-refractivity contribution >= 4 is 13.3 Å². The van der Waals surface area contributed by atoms with Crippen LogP contribution in [-0.4, -0.2) is 15.0 Å². The van der Waals surface area contributed by atoms with Crippen LogP contribution >= 0.6 is 0 Å². The van der Waals surface area contributed by atoms with Gasteiger partial charge in [-0.05, 0) is 18.2 Å². The van der Waals surface area contributed by atoms with Crippen LogP contribution in [-0.2, 0) is 0 Å². The van der Waals surface area contributed by atoms with Crippen LogP contribution in [0, 0.1) is 5.82 Å². The van der Waals surface area contributed by atoms with Crippen molar-refractivity contribution in [1.29, 1.82) is 0 Å². The molecule has 2 rings (SSSR count). The van der Waals surface area contributed by atoms with Crippen molar-refractivity contribution in [3.8, 4) is 17.2 Å². The van der Waals surface area contributed by atoms with Crippen molar-refractivity contribution in [3.05, 3.63) is 48.3 Å². The molecule has 2 radical (unpaired) electrons. The van der Waals surface area contributed by atoms with E-state index in [2.05, 4.69) is 0 Å². The minimum absolute atomic E-state index is 0.1000. The third-order valence-corrected chi connectivity index (χ3v) is 2.25. The second-order valence-corrected chi connectivity index (χ2v) is 3.46. The molecule has 0 spiro atoms. The molecule has 0 saturated carbocycles. The lowest BCUT2D eigenvalue weighted by Gasteiger charge is -2.08. The summed E-state index contributed by atoms with van der Waals surface area (Å²) in [4.78, 5) is 0. The molecule has 17 heavy (non-hydrogen) atoms. The van der Waals surface area contributed by atoms with Crippen LogP contribution in [0.5, 0.6) is 17.2 Å². The zero-order valence-electron chi connectivity index (χ0n) is 9.31. The van der Waals surface area contributed by atoms with Gasteiger partial charge in [-0.1, -0.05) is 17.6 Å². The number of methoxy groups -OCH3 is 1. The molecule has 0 aliphatic rings. The zero-order valence-corrected chi connectivity index (χ0v) is 9.31. The maximum Gasteiger partial charge on any atom is 0.131 e. The van der Waals surface area contributed by atoms with E-state index in [1.807, 2.05) is 0 Å². The van der Waals surface area contributed by atoms with Crippen LogP contribution in [0.4, 0.5) is 4.39 Å². The van der Waals surface area contributed by atoms with Crippen LogP contribution in [0.15, 0.2) is 42.5 Å². The Morgan fingerprint density at radius 2 is 1.71 bits per heavy atom. The first-order valence-electron chi connectivity index (χ1n) is 5.06. The van der Waals surface area contributed by atoms with E-state index in [-0.39, 0.29) is 5.46 Å². The summed E-state index contributed by atoms with van der Waals surface area (Å²) < 4.78 is 23.7. The van der Waals surface area contributed by atoms with Gasteiger partial charge in [-0.2, -0.15) is 0 Å². The third-order valence-electron chi connectivity index (χ3n) is 2.25. The first kappa shape index (κ1) is 11.5. The molecule has 0 aliphatic heterocycles. The number of ether oxygens (including phenoxy) is 2. The number of benzene rings is 2. The summed E-state index contributed by atoms with van der Waals surface area (Å²) >= 11 is 0. The van der Waals surface area contributed by atoms with Gasteiger partial charge in [-0.25, -0.2) is 4.39 Å². The van der Waals surface area contributed by atoms with E-state index in [4.69, 9.17) is 17.3 Å². The van der Waals surface area contributed by atoms with Crippen molar-refractivity contribution in [2.45, 2.75) is 0 Å². The normalized spacial score (nSPS) is 10.0. The SMILES string of the molecule is [B]c1ccc(Oc2cccc(OC)c2)cc1F. The van der Waals surface area contributed by atoms with Gasteiger partial charge in [0.25, 0.3) is 0 Å². The molecule has 0 N–H and O–H groups in total. The van der Waals surface area contributed by atoms with Gasteiger partial charge in [0.1, 0.15) is 30.9 Å². The highest BCUT2D eigenvalue weighted by Gasteiger charge is 2.02. The van der Waals surface area contributed by atoms with Crippen LogP contribution < -0.4 is 14.9 Å². The highest BCUT2D eigenvalue weighted by molar-refractivity contribution is 6.32. The fourth-order valence-electron chi connectivity index (χ4n) is 1.37. The highest BCUT2D eigenvalue weighted by atomic mass is 19.1. The molecule has 0 heterocycles. The molecule has 0 atom stereocenters. The molecule has 0 aromatic heterocycles. The van der Waals surface area contributed by atoms with Gasteiger partial charge in [0, 0.05) is 12.1 Å². The van der Waals surface area contributed by atoms with E-state index in [1.165, 1.54) is 12.1 Å². The Bertz CT molecular complexity index is 529. The first-order chi connectivity index (χ1) is 8.19. The molecule has 2 aromatic carbocycles. The quantitative estimate of drug-likeness (QED) is 0.751. The van der Waals surface area contributed by atoms with Gasteiger partial charge < -0.3 is 9.47 Å². The third kappa shape index (κ3) is 2.78. The number of hydrogen-bond donors (Lipinski definition) is 0. The van der Waals surface area contributed by atoms with Crippen molar-refractivity contribution in [2.24, 2.45) is 0 Å². The average molecular weight is 228 g/mol. The van der Waals surface area contributed by atoms with Crippen LogP contribution in [0.1, 0.15) is 0 Å². The second kappa shape index (κ2) is 4.91. The molecular formula is C13H10BFO2. The van der Waals surface area contributed by atoms with Crippen molar-refractivity contribution in [3.63, 3.8) is 0 Å². The molecular weight excluding hydrogens is 218 g/mol. The Morgan fingerprint density at radius 1 is 1.00 bits per heavy atom. The van der Waals surface area contributed by atoms with Crippen molar-refractivity contribution < 1.29 is 13.9 Å². The summed E-state index contributed by atoms with van der Waals surface area (Å²) in [6.45, 7) is 0. The summed E-state index contributed by atoms with van der Waals surface area (Å²) in [6.07, 6.45) is 0. The van der Waals surface area contributed by atoms with E-state index in [1.54, 1.807) is 37.4 Å². The number of halogens is 1. The minimum Gasteiger partial charge on any atom is -0.497 e. The van der Waals surface area contributed by atoms with Gasteiger partial charge in [-0.15, -0.1) is 0 Å². The summed E-state index contributed by atoms with van der Waals surface area (Å²) in [5.74, 6) is 1.15. The Balaban J connectivity index is 2.22. The van der Waals surface area contributed by atoms with Crippen LogP contribution in [0.3, 0.4) is 0 Å². The fraction of sp³-hybridized carbons (Fsp3) is 0.0769. The molecule has 4 heteroatoms. The van der Waals surface area contributed by atoms with Gasteiger partial charge in [-0.3, -0.25) is 0 Å². The predicted molar refractivity (Wildman–Crippen MR) is 64.9 cm³/mol.